The summed E-state index contributed by atoms with van der Waals surface area (Å²) in [4.78, 5) is 27.4. The standard InChI is InChI=1S/C21H23Cl2N3O4S/c1-31(29,30)16-6-4-5-14(11-16)24-20(27)13-26-10-3-2-7-19(26)21(28)25-15-8-9-17(22)18(23)12-15/h4-6,8-9,11-12,19H,2-3,7,10,13H2,1H3,(H,24,27)(H,25,28). The number of hydrogen-bond donors (Lipinski definition) is 2. The van der Waals surface area contributed by atoms with Crippen molar-refractivity contribution in [3.05, 3.63) is 52.5 Å². The van der Waals surface area contributed by atoms with Crippen LogP contribution in [0.1, 0.15) is 19.3 Å². The summed E-state index contributed by atoms with van der Waals surface area (Å²) in [5.74, 6) is -0.537. The maximum atomic E-state index is 12.8. The number of nitrogens with one attached hydrogen (secondary N) is 2. The molecule has 1 saturated heterocycles. The van der Waals surface area contributed by atoms with E-state index in [1.165, 1.54) is 12.1 Å². The van der Waals surface area contributed by atoms with E-state index in [2.05, 4.69) is 10.6 Å². The van der Waals surface area contributed by atoms with Crippen molar-refractivity contribution in [3.8, 4) is 0 Å². The van der Waals surface area contributed by atoms with E-state index in [1.807, 2.05) is 4.90 Å². The van der Waals surface area contributed by atoms with Crippen LogP contribution >= 0.6 is 23.2 Å². The summed E-state index contributed by atoms with van der Waals surface area (Å²) in [5.41, 5.74) is 0.925. The van der Waals surface area contributed by atoms with Crippen LogP contribution in [0, 0.1) is 0 Å². The molecular weight excluding hydrogens is 461 g/mol. The number of benzene rings is 2. The normalized spacial score (nSPS) is 17.2. The van der Waals surface area contributed by atoms with Crippen molar-refractivity contribution in [2.75, 3.05) is 30.0 Å². The van der Waals surface area contributed by atoms with E-state index in [0.29, 0.717) is 34.4 Å². The second kappa shape index (κ2) is 9.99. The number of nitrogens with zero attached hydrogens (tertiary/aromatic N) is 1. The SMILES string of the molecule is CS(=O)(=O)c1cccc(NC(=O)CN2CCCCC2C(=O)Nc2ccc(Cl)c(Cl)c2)c1. The van der Waals surface area contributed by atoms with Gasteiger partial charge in [0.1, 0.15) is 0 Å². The third-order valence-electron chi connectivity index (χ3n) is 5.00. The Kier molecular flexibility index (Phi) is 7.59. The molecule has 2 aromatic rings. The van der Waals surface area contributed by atoms with Crippen LogP contribution in [0.15, 0.2) is 47.4 Å². The molecule has 1 unspecified atom stereocenters. The van der Waals surface area contributed by atoms with E-state index in [0.717, 1.165) is 19.1 Å². The maximum Gasteiger partial charge on any atom is 0.241 e. The highest BCUT2D eigenvalue weighted by Gasteiger charge is 2.30. The maximum absolute atomic E-state index is 12.8. The number of amides is 2. The summed E-state index contributed by atoms with van der Waals surface area (Å²) < 4.78 is 23.4. The minimum Gasteiger partial charge on any atom is -0.325 e. The van der Waals surface area contributed by atoms with Crippen molar-refractivity contribution in [1.29, 1.82) is 0 Å². The van der Waals surface area contributed by atoms with Crippen molar-refractivity contribution in [2.45, 2.75) is 30.2 Å². The zero-order valence-electron chi connectivity index (χ0n) is 16.9. The minimum atomic E-state index is -3.38. The predicted molar refractivity (Wildman–Crippen MR) is 122 cm³/mol. The van der Waals surface area contributed by atoms with Gasteiger partial charge >= 0.3 is 0 Å². The van der Waals surface area contributed by atoms with Gasteiger partial charge in [0.25, 0.3) is 0 Å². The van der Waals surface area contributed by atoms with E-state index >= 15 is 0 Å². The Bertz CT molecular complexity index is 1090. The molecule has 1 aliphatic heterocycles. The molecule has 2 N–H and O–H groups in total. The van der Waals surface area contributed by atoms with E-state index < -0.39 is 15.9 Å². The third-order valence-corrected chi connectivity index (χ3v) is 6.85. The van der Waals surface area contributed by atoms with Crippen molar-refractivity contribution >= 4 is 56.2 Å². The van der Waals surface area contributed by atoms with Crippen LogP contribution in [0.2, 0.25) is 10.0 Å². The van der Waals surface area contributed by atoms with Crippen molar-refractivity contribution in [2.24, 2.45) is 0 Å². The molecule has 2 amide bonds. The number of anilines is 2. The van der Waals surface area contributed by atoms with E-state index in [4.69, 9.17) is 23.2 Å². The first-order chi connectivity index (χ1) is 14.6. The molecule has 2 aromatic carbocycles. The van der Waals surface area contributed by atoms with Gasteiger partial charge in [0.2, 0.25) is 11.8 Å². The molecule has 1 heterocycles. The third kappa shape index (κ3) is 6.43. The number of carbonyl (C=O) groups is 2. The highest BCUT2D eigenvalue weighted by Crippen LogP contribution is 2.26. The van der Waals surface area contributed by atoms with Gasteiger partial charge in [0.05, 0.1) is 27.5 Å². The highest BCUT2D eigenvalue weighted by molar-refractivity contribution is 7.90. The van der Waals surface area contributed by atoms with Crippen LogP contribution in [0.4, 0.5) is 11.4 Å². The van der Waals surface area contributed by atoms with Crippen LogP contribution in [0.3, 0.4) is 0 Å². The molecule has 166 valence electrons. The first-order valence-corrected chi connectivity index (χ1v) is 12.4. The summed E-state index contributed by atoms with van der Waals surface area (Å²) in [5, 5.41) is 6.29. The molecule has 7 nitrogen and oxygen atoms in total. The predicted octanol–water partition coefficient (Wildman–Crippen LogP) is 3.83. The largest absolute Gasteiger partial charge is 0.325 e. The van der Waals surface area contributed by atoms with Crippen molar-refractivity contribution < 1.29 is 18.0 Å². The Morgan fingerprint density at radius 2 is 1.77 bits per heavy atom. The zero-order valence-corrected chi connectivity index (χ0v) is 19.2. The fraction of sp³-hybridized carbons (Fsp3) is 0.333. The fourth-order valence-electron chi connectivity index (χ4n) is 3.47. The van der Waals surface area contributed by atoms with Crippen molar-refractivity contribution in [1.82, 2.24) is 4.90 Å². The summed E-state index contributed by atoms with van der Waals surface area (Å²) in [6.45, 7) is 0.624. The second-order valence-corrected chi connectivity index (χ2v) is 10.3. The zero-order chi connectivity index (χ0) is 22.6. The van der Waals surface area contributed by atoms with Gasteiger partial charge in [-0.05, 0) is 55.8 Å². The number of likely N-dealkylation sites (tertiary alicyclic amines) is 1. The summed E-state index contributed by atoms with van der Waals surface area (Å²) >= 11 is 11.9. The number of carbonyl (C=O) groups excluding carboxylic acids is 2. The van der Waals surface area contributed by atoms with Gasteiger partial charge in [-0.25, -0.2) is 8.42 Å². The number of sulfone groups is 1. The molecule has 31 heavy (non-hydrogen) atoms. The molecule has 0 aromatic heterocycles. The molecule has 1 fully saturated rings. The quantitative estimate of drug-likeness (QED) is 0.650. The monoisotopic (exact) mass is 483 g/mol. The van der Waals surface area contributed by atoms with Crippen LogP contribution in [-0.2, 0) is 19.4 Å². The summed E-state index contributed by atoms with van der Waals surface area (Å²) in [6.07, 6.45) is 3.50. The average Bonchev–Trinajstić information content (AvgIpc) is 2.70. The molecular formula is C21H23Cl2N3O4S. The highest BCUT2D eigenvalue weighted by atomic mass is 35.5. The van der Waals surface area contributed by atoms with Gasteiger partial charge < -0.3 is 10.6 Å². The van der Waals surface area contributed by atoms with Gasteiger partial charge in [-0.1, -0.05) is 35.7 Å². The first-order valence-electron chi connectivity index (χ1n) is 9.73. The molecule has 0 saturated carbocycles. The number of halogens is 2. The summed E-state index contributed by atoms with van der Waals surface area (Å²) in [6, 6.07) is 10.5. The number of rotatable bonds is 6. The van der Waals surface area contributed by atoms with Crippen LogP contribution in [-0.4, -0.2) is 50.5 Å². The Morgan fingerprint density at radius 1 is 1.03 bits per heavy atom. The summed E-state index contributed by atoms with van der Waals surface area (Å²) in [7, 11) is -3.38. The molecule has 3 rings (SSSR count). The lowest BCUT2D eigenvalue weighted by atomic mass is 10.0. The number of piperidine rings is 1. The van der Waals surface area contributed by atoms with Crippen molar-refractivity contribution in [3.63, 3.8) is 0 Å². The average molecular weight is 484 g/mol. The van der Waals surface area contributed by atoms with Crippen LogP contribution in [0.25, 0.3) is 0 Å². The van der Waals surface area contributed by atoms with E-state index in [1.54, 1.807) is 30.3 Å². The lowest BCUT2D eigenvalue weighted by molar-refractivity contribution is -0.124. The Morgan fingerprint density at radius 3 is 2.48 bits per heavy atom. The lowest BCUT2D eigenvalue weighted by Gasteiger charge is -2.34. The Labute approximate surface area is 191 Å². The van der Waals surface area contributed by atoms with Crippen LogP contribution in [0.5, 0.6) is 0 Å². The molecule has 0 radical (unpaired) electrons. The molecule has 0 spiro atoms. The number of hydrogen-bond acceptors (Lipinski definition) is 5. The fourth-order valence-corrected chi connectivity index (χ4v) is 4.43. The minimum absolute atomic E-state index is 0.0164. The van der Waals surface area contributed by atoms with Gasteiger partial charge in [0.15, 0.2) is 9.84 Å². The molecule has 1 atom stereocenters. The molecule has 10 heteroatoms. The smallest absolute Gasteiger partial charge is 0.241 e. The Balaban J connectivity index is 1.65. The van der Waals surface area contributed by atoms with E-state index in [-0.39, 0.29) is 23.3 Å². The second-order valence-electron chi connectivity index (χ2n) is 7.45. The molecule has 1 aliphatic rings. The van der Waals surface area contributed by atoms with E-state index in [9.17, 15) is 18.0 Å². The molecule has 0 bridgehead atoms. The van der Waals surface area contributed by atoms with Gasteiger partial charge in [0, 0.05) is 17.6 Å². The van der Waals surface area contributed by atoms with Gasteiger partial charge in [-0.15, -0.1) is 0 Å². The lowest BCUT2D eigenvalue weighted by Crippen LogP contribution is -2.49. The van der Waals surface area contributed by atoms with Gasteiger partial charge in [-0.3, -0.25) is 14.5 Å². The van der Waals surface area contributed by atoms with Gasteiger partial charge in [-0.2, -0.15) is 0 Å². The molecule has 0 aliphatic carbocycles. The first kappa shape index (κ1) is 23.5. The Hall–Kier alpha value is -2.13. The topological polar surface area (TPSA) is 95.6 Å². The van der Waals surface area contributed by atoms with Crippen LogP contribution < -0.4 is 10.6 Å².